The lowest BCUT2D eigenvalue weighted by Gasteiger charge is -2.31. The minimum absolute atomic E-state index is 0.0331. The molecule has 3 nitrogen and oxygen atoms in total. The average Bonchev–Trinajstić information content (AvgIpc) is 2.89. The van der Waals surface area contributed by atoms with E-state index < -0.39 is 5.41 Å². The highest BCUT2D eigenvalue weighted by Gasteiger charge is 2.51. The van der Waals surface area contributed by atoms with E-state index in [1.165, 1.54) is 11.8 Å². The Morgan fingerprint density at radius 1 is 0.885 bits per heavy atom. The summed E-state index contributed by atoms with van der Waals surface area (Å²) in [4.78, 5) is 14.2. The van der Waals surface area contributed by atoms with E-state index in [4.69, 9.17) is 11.6 Å². The largest absolute Gasteiger partial charge is 0.508 e. The summed E-state index contributed by atoms with van der Waals surface area (Å²) in [6, 6.07) is 17.1. The Hall–Kier alpha value is -2.43. The highest BCUT2D eigenvalue weighted by Crippen LogP contribution is 2.55. The van der Waals surface area contributed by atoms with Gasteiger partial charge < -0.3 is 10.2 Å². The lowest BCUT2D eigenvalue weighted by molar-refractivity contribution is -0.113. The molecule has 3 aromatic rings. The monoisotopic (exact) mass is 382 g/mol. The smallest absolute Gasteiger partial charge is 0.213 e. The van der Waals surface area contributed by atoms with Gasteiger partial charge in [0.1, 0.15) is 16.9 Å². The van der Waals surface area contributed by atoms with Crippen LogP contribution in [-0.4, -0.2) is 15.3 Å². The fourth-order valence-corrected chi connectivity index (χ4v) is 5.30. The third-order valence-electron chi connectivity index (χ3n) is 4.75. The number of halogens is 1. The van der Waals surface area contributed by atoms with Crippen LogP contribution >= 0.6 is 23.4 Å². The van der Waals surface area contributed by atoms with Gasteiger partial charge in [0.15, 0.2) is 0 Å². The molecule has 0 unspecified atom stereocenters. The van der Waals surface area contributed by atoms with Gasteiger partial charge in [-0.15, -0.1) is 0 Å². The number of thioether (sulfide) groups is 1. The Balaban J connectivity index is 2.10. The summed E-state index contributed by atoms with van der Waals surface area (Å²) in [5, 5.41) is 20.0. The third-order valence-corrected chi connectivity index (χ3v) is 6.00. The summed E-state index contributed by atoms with van der Waals surface area (Å²) in [5.41, 5.74) is 2.33. The van der Waals surface area contributed by atoms with E-state index in [-0.39, 0.29) is 16.6 Å². The van der Waals surface area contributed by atoms with E-state index in [0.717, 1.165) is 27.1 Å². The number of hydrogen-bond acceptors (Lipinski definition) is 4. The molecule has 0 fully saturated rings. The zero-order valence-corrected chi connectivity index (χ0v) is 15.4. The first-order valence-corrected chi connectivity index (χ1v) is 9.24. The van der Waals surface area contributed by atoms with Gasteiger partial charge in [-0.25, -0.2) is 0 Å². The second-order valence-corrected chi connectivity index (χ2v) is 7.78. The maximum absolute atomic E-state index is 13.4. The fourth-order valence-electron chi connectivity index (χ4n) is 3.67. The molecule has 4 rings (SSSR count). The van der Waals surface area contributed by atoms with Crippen molar-refractivity contribution >= 4 is 28.5 Å². The number of fused-ring (bicyclic) bond motifs is 1. The Morgan fingerprint density at radius 3 is 1.88 bits per heavy atom. The van der Waals surface area contributed by atoms with Crippen LogP contribution in [0.5, 0.6) is 11.5 Å². The van der Waals surface area contributed by atoms with Crippen LogP contribution in [0.15, 0.2) is 65.6 Å². The maximum atomic E-state index is 13.4. The normalized spacial score (nSPS) is 15.1. The summed E-state index contributed by atoms with van der Waals surface area (Å²) in [5.74, 6) is 0.279. The quantitative estimate of drug-likeness (QED) is 0.652. The number of aryl methyl sites for hydroxylation is 1. The number of hydrogen-bond donors (Lipinski definition) is 2. The van der Waals surface area contributed by atoms with Crippen molar-refractivity contribution in [3.8, 4) is 11.5 Å². The van der Waals surface area contributed by atoms with E-state index in [1.54, 1.807) is 48.5 Å². The van der Waals surface area contributed by atoms with Crippen molar-refractivity contribution in [3.05, 3.63) is 87.9 Å². The number of carbonyl (C=O) groups is 1. The van der Waals surface area contributed by atoms with E-state index in [1.807, 2.05) is 19.1 Å². The summed E-state index contributed by atoms with van der Waals surface area (Å²) in [7, 11) is 0. The average molecular weight is 383 g/mol. The van der Waals surface area contributed by atoms with Gasteiger partial charge in [-0.1, -0.05) is 35.9 Å². The first kappa shape index (κ1) is 17.0. The van der Waals surface area contributed by atoms with Crippen molar-refractivity contribution in [3.63, 3.8) is 0 Å². The Kier molecular flexibility index (Phi) is 3.98. The van der Waals surface area contributed by atoms with E-state index in [0.29, 0.717) is 5.02 Å². The summed E-state index contributed by atoms with van der Waals surface area (Å²) >= 11 is 7.39. The highest BCUT2D eigenvalue weighted by atomic mass is 35.5. The molecule has 130 valence electrons. The van der Waals surface area contributed by atoms with E-state index >= 15 is 0 Å². The lowest BCUT2D eigenvalue weighted by atomic mass is 9.69. The van der Waals surface area contributed by atoms with Crippen LogP contribution in [0.1, 0.15) is 22.3 Å². The zero-order chi connectivity index (χ0) is 18.5. The van der Waals surface area contributed by atoms with Gasteiger partial charge in [-0.05, 0) is 77.3 Å². The van der Waals surface area contributed by atoms with Gasteiger partial charge in [-0.2, -0.15) is 0 Å². The molecule has 0 saturated carbocycles. The van der Waals surface area contributed by atoms with E-state index in [2.05, 4.69) is 0 Å². The van der Waals surface area contributed by atoms with Gasteiger partial charge >= 0.3 is 0 Å². The fraction of sp³-hybridized carbons (Fsp3) is 0.0952. The van der Waals surface area contributed by atoms with Gasteiger partial charge in [0.25, 0.3) is 0 Å². The van der Waals surface area contributed by atoms with Crippen molar-refractivity contribution < 1.29 is 15.0 Å². The van der Waals surface area contributed by atoms with Crippen LogP contribution in [0, 0.1) is 6.92 Å². The summed E-state index contributed by atoms with van der Waals surface area (Å²) in [6.07, 6.45) is 0. The molecule has 2 N–H and O–H groups in total. The molecule has 0 amide bonds. The summed E-state index contributed by atoms with van der Waals surface area (Å²) < 4.78 is 0. The molecule has 0 atom stereocenters. The van der Waals surface area contributed by atoms with Gasteiger partial charge in [-0.3, -0.25) is 4.79 Å². The Bertz CT molecular complexity index is 965. The van der Waals surface area contributed by atoms with Crippen LogP contribution < -0.4 is 0 Å². The molecular weight excluding hydrogens is 368 g/mol. The number of carbonyl (C=O) groups excluding carboxylic acids is 1. The van der Waals surface area contributed by atoms with Crippen molar-refractivity contribution in [2.75, 3.05) is 0 Å². The topological polar surface area (TPSA) is 57.5 Å². The lowest BCUT2D eigenvalue weighted by Crippen LogP contribution is -2.34. The molecule has 0 aromatic heterocycles. The Morgan fingerprint density at radius 2 is 1.38 bits per heavy atom. The first-order chi connectivity index (χ1) is 12.4. The van der Waals surface area contributed by atoms with Gasteiger partial charge in [0.2, 0.25) is 5.12 Å². The predicted octanol–water partition coefficient (Wildman–Crippen LogP) is 5.03. The van der Waals surface area contributed by atoms with Crippen LogP contribution in [-0.2, 0) is 10.2 Å². The second kappa shape index (κ2) is 6.08. The number of phenolic OH excluding ortho intramolecular Hbond substituents is 2. The maximum Gasteiger partial charge on any atom is 0.213 e. The number of benzene rings is 3. The minimum Gasteiger partial charge on any atom is -0.508 e. The second-order valence-electron chi connectivity index (χ2n) is 6.33. The molecule has 1 heterocycles. The number of phenols is 2. The molecule has 3 aromatic carbocycles. The van der Waals surface area contributed by atoms with Crippen molar-refractivity contribution in [1.82, 2.24) is 0 Å². The highest BCUT2D eigenvalue weighted by molar-refractivity contribution is 8.14. The molecule has 26 heavy (non-hydrogen) atoms. The standard InChI is InChI=1S/C21H15ClO3S/c1-12-10-15(22)11-18-19(12)21(20(25)26-18,13-2-6-16(23)7-3-13)14-4-8-17(24)9-5-14/h2-11,23-24H,1H3. The molecule has 5 heteroatoms. The molecule has 0 bridgehead atoms. The molecule has 1 aliphatic rings. The molecule has 0 aliphatic carbocycles. The van der Waals surface area contributed by atoms with Crippen LogP contribution in [0.4, 0.5) is 0 Å². The summed E-state index contributed by atoms with van der Waals surface area (Å²) in [6.45, 7) is 1.94. The SMILES string of the molecule is Cc1cc(Cl)cc2c1C(c1ccc(O)cc1)(c1ccc(O)cc1)C(=O)S2. The number of aromatic hydroxyl groups is 2. The molecular formula is C21H15ClO3S. The molecule has 0 radical (unpaired) electrons. The van der Waals surface area contributed by atoms with Crippen molar-refractivity contribution in [1.29, 1.82) is 0 Å². The van der Waals surface area contributed by atoms with Crippen LogP contribution in [0.3, 0.4) is 0 Å². The van der Waals surface area contributed by atoms with Crippen molar-refractivity contribution in [2.45, 2.75) is 17.2 Å². The first-order valence-electron chi connectivity index (χ1n) is 8.05. The van der Waals surface area contributed by atoms with Crippen LogP contribution in [0.25, 0.3) is 0 Å². The minimum atomic E-state index is -1.02. The molecule has 1 aliphatic heterocycles. The zero-order valence-electron chi connectivity index (χ0n) is 13.9. The predicted molar refractivity (Wildman–Crippen MR) is 103 cm³/mol. The molecule has 0 saturated heterocycles. The third kappa shape index (κ3) is 2.41. The Labute approximate surface area is 160 Å². The van der Waals surface area contributed by atoms with Gasteiger partial charge in [0, 0.05) is 9.92 Å². The van der Waals surface area contributed by atoms with Crippen molar-refractivity contribution in [2.24, 2.45) is 0 Å². The van der Waals surface area contributed by atoms with E-state index in [9.17, 15) is 15.0 Å². The number of rotatable bonds is 2. The van der Waals surface area contributed by atoms with Gasteiger partial charge in [0.05, 0.1) is 0 Å². The van der Waals surface area contributed by atoms with Crippen LogP contribution in [0.2, 0.25) is 5.02 Å². The molecule has 0 spiro atoms.